The third kappa shape index (κ3) is 4.39. The van der Waals surface area contributed by atoms with Crippen LogP contribution in [0.3, 0.4) is 0 Å². The van der Waals surface area contributed by atoms with E-state index in [1.165, 1.54) is 35.0 Å². The highest BCUT2D eigenvalue weighted by molar-refractivity contribution is 7.99. The lowest BCUT2D eigenvalue weighted by molar-refractivity contribution is -0.116. The number of rotatable bonds is 7. The van der Waals surface area contributed by atoms with E-state index in [4.69, 9.17) is 4.98 Å². The summed E-state index contributed by atoms with van der Waals surface area (Å²) in [6, 6.07) is 7.14. The number of aryl methyl sites for hydroxylation is 3. The molecule has 0 atom stereocenters. The Morgan fingerprint density at radius 1 is 1.09 bits per heavy atom. The molecular formula is C24H26N6O2S2. The van der Waals surface area contributed by atoms with Gasteiger partial charge in [0.25, 0.3) is 0 Å². The van der Waals surface area contributed by atoms with Gasteiger partial charge in [-0.05, 0) is 49.4 Å². The van der Waals surface area contributed by atoms with Gasteiger partial charge in [0.2, 0.25) is 11.8 Å². The molecule has 8 nitrogen and oxygen atoms in total. The van der Waals surface area contributed by atoms with Crippen molar-refractivity contribution in [3.8, 4) is 0 Å². The molecule has 0 fully saturated rings. The second-order valence-electron chi connectivity index (χ2n) is 8.23. The van der Waals surface area contributed by atoms with Crippen LogP contribution < -0.4 is 10.6 Å². The van der Waals surface area contributed by atoms with Gasteiger partial charge in [-0.2, -0.15) is 0 Å². The van der Waals surface area contributed by atoms with Crippen molar-refractivity contribution in [3.05, 3.63) is 40.5 Å². The molecule has 0 radical (unpaired) electrons. The summed E-state index contributed by atoms with van der Waals surface area (Å²) in [5.41, 5.74) is 3.52. The van der Waals surface area contributed by atoms with E-state index in [2.05, 4.69) is 27.8 Å². The topological polar surface area (TPSA) is 101 Å². The van der Waals surface area contributed by atoms with E-state index in [1.54, 1.807) is 42.5 Å². The van der Waals surface area contributed by atoms with Crippen LogP contribution in [0.1, 0.15) is 49.4 Å². The van der Waals surface area contributed by atoms with E-state index >= 15 is 0 Å². The van der Waals surface area contributed by atoms with Crippen LogP contribution >= 0.6 is 23.1 Å². The summed E-state index contributed by atoms with van der Waals surface area (Å²) in [7, 11) is 0. The first-order valence-electron chi connectivity index (χ1n) is 11.6. The molecule has 1 aliphatic carbocycles. The molecule has 0 saturated heterocycles. The van der Waals surface area contributed by atoms with Gasteiger partial charge in [0.1, 0.15) is 10.7 Å². The zero-order valence-electron chi connectivity index (χ0n) is 19.2. The number of benzene rings is 1. The smallest absolute Gasteiger partial charge is 0.234 e. The minimum Gasteiger partial charge on any atom is -0.326 e. The van der Waals surface area contributed by atoms with Crippen molar-refractivity contribution in [2.45, 2.75) is 57.5 Å². The Labute approximate surface area is 205 Å². The maximum Gasteiger partial charge on any atom is 0.234 e. The number of fused-ring (bicyclic) bond motifs is 5. The largest absolute Gasteiger partial charge is 0.326 e. The molecule has 2 amide bonds. The highest BCUT2D eigenvalue weighted by Crippen LogP contribution is 2.38. The Hall–Kier alpha value is -2.98. The minimum atomic E-state index is -0.152. The molecule has 2 N–H and O–H groups in total. The minimum absolute atomic E-state index is 0.0703. The molecular weight excluding hydrogens is 468 g/mol. The fourth-order valence-corrected chi connectivity index (χ4v) is 6.30. The van der Waals surface area contributed by atoms with Crippen LogP contribution in [0.25, 0.3) is 15.9 Å². The molecule has 5 rings (SSSR count). The lowest BCUT2D eigenvalue weighted by Gasteiger charge is -2.11. The third-order valence-electron chi connectivity index (χ3n) is 5.90. The van der Waals surface area contributed by atoms with Crippen LogP contribution in [-0.4, -0.2) is 37.1 Å². The molecule has 0 aliphatic heterocycles. The molecule has 1 aromatic carbocycles. The van der Waals surface area contributed by atoms with Crippen LogP contribution in [0.4, 0.5) is 11.4 Å². The van der Waals surface area contributed by atoms with Gasteiger partial charge in [0, 0.05) is 29.1 Å². The Kier molecular flexibility index (Phi) is 6.51. The number of nitrogens with zero attached hydrogens (tertiary/aromatic N) is 4. The lowest BCUT2D eigenvalue weighted by atomic mass is 9.97. The molecule has 176 valence electrons. The summed E-state index contributed by atoms with van der Waals surface area (Å²) in [6.07, 6.45) is 5.75. The highest BCUT2D eigenvalue weighted by atomic mass is 32.2. The van der Waals surface area contributed by atoms with E-state index < -0.39 is 0 Å². The van der Waals surface area contributed by atoms with Crippen LogP contribution in [0.2, 0.25) is 0 Å². The first kappa shape index (κ1) is 22.8. The maximum absolute atomic E-state index is 12.7. The molecule has 4 aromatic rings. The quantitative estimate of drug-likeness (QED) is 0.356. The van der Waals surface area contributed by atoms with E-state index in [9.17, 15) is 9.59 Å². The van der Waals surface area contributed by atoms with Crippen LogP contribution in [0.15, 0.2) is 29.4 Å². The number of nitrogens with one attached hydrogen (secondary N) is 2. The van der Waals surface area contributed by atoms with Crippen molar-refractivity contribution in [3.63, 3.8) is 0 Å². The second kappa shape index (κ2) is 9.71. The number of thioether (sulfide) groups is 1. The number of aromatic nitrogens is 4. The number of hydrogen-bond donors (Lipinski definition) is 2. The zero-order chi connectivity index (χ0) is 23.7. The van der Waals surface area contributed by atoms with Gasteiger partial charge >= 0.3 is 0 Å². The van der Waals surface area contributed by atoms with Crippen LogP contribution in [0.5, 0.6) is 0 Å². The standard InChI is InChI=1S/C24H26N6O2S2/c1-3-18-27-23-21(16-10-5-6-11-17(16)34-23)22-28-29-24(30(18)22)33-13-20(32)26-15-9-7-8-14(12-15)25-19(31)4-2/h7-9,12H,3-6,10-11,13H2,1-2H3,(H,25,31)(H,26,32). The first-order valence-corrected chi connectivity index (χ1v) is 13.4. The molecule has 0 unspecified atom stereocenters. The molecule has 1 aliphatic rings. The Morgan fingerprint density at radius 3 is 2.62 bits per heavy atom. The fourth-order valence-electron chi connectivity index (χ4n) is 4.27. The number of anilines is 2. The molecule has 3 heterocycles. The number of amides is 2. The van der Waals surface area contributed by atoms with E-state index in [0.717, 1.165) is 41.0 Å². The van der Waals surface area contributed by atoms with Gasteiger partial charge in [-0.15, -0.1) is 21.5 Å². The van der Waals surface area contributed by atoms with Crippen LogP contribution in [-0.2, 0) is 28.9 Å². The average molecular weight is 495 g/mol. The number of carbonyl (C=O) groups is 2. The number of thiophene rings is 1. The Bertz CT molecular complexity index is 1390. The number of carbonyl (C=O) groups excluding carboxylic acids is 2. The molecule has 3 aromatic heterocycles. The molecule has 0 bridgehead atoms. The average Bonchev–Trinajstić information content (AvgIpc) is 3.43. The zero-order valence-corrected chi connectivity index (χ0v) is 20.8. The van der Waals surface area contributed by atoms with Crippen molar-refractivity contribution in [1.82, 2.24) is 19.6 Å². The predicted molar refractivity (Wildman–Crippen MR) is 137 cm³/mol. The Morgan fingerprint density at radius 2 is 1.85 bits per heavy atom. The van der Waals surface area contributed by atoms with E-state index in [-0.39, 0.29) is 17.6 Å². The molecule has 10 heteroatoms. The van der Waals surface area contributed by atoms with Gasteiger partial charge in [-0.3, -0.25) is 14.0 Å². The summed E-state index contributed by atoms with van der Waals surface area (Å²) in [5.74, 6) is 0.878. The highest BCUT2D eigenvalue weighted by Gasteiger charge is 2.23. The normalized spacial score (nSPS) is 13.2. The summed E-state index contributed by atoms with van der Waals surface area (Å²) in [5, 5.41) is 16.5. The lowest BCUT2D eigenvalue weighted by Crippen LogP contribution is -2.15. The molecule has 0 spiro atoms. The fraction of sp³-hybridized carbons (Fsp3) is 0.375. The van der Waals surface area contributed by atoms with E-state index in [1.807, 2.05) is 4.40 Å². The van der Waals surface area contributed by atoms with Crippen molar-refractivity contribution in [2.24, 2.45) is 0 Å². The van der Waals surface area contributed by atoms with Crippen LogP contribution in [0, 0.1) is 0 Å². The number of hydrogen-bond acceptors (Lipinski definition) is 7. The van der Waals surface area contributed by atoms with Gasteiger partial charge in [-0.1, -0.05) is 31.7 Å². The van der Waals surface area contributed by atoms with Crippen molar-refractivity contribution in [1.29, 1.82) is 0 Å². The first-order chi connectivity index (χ1) is 16.6. The maximum atomic E-state index is 12.7. The van der Waals surface area contributed by atoms with Gasteiger partial charge in [-0.25, -0.2) is 4.98 Å². The van der Waals surface area contributed by atoms with Gasteiger partial charge in [0.15, 0.2) is 10.8 Å². The van der Waals surface area contributed by atoms with E-state index in [0.29, 0.717) is 23.0 Å². The monoisotopic (exact) mass is 494 g/mol. The Balaban J connectivity index is 1.36. The third-order valence-corrected chi connectivity index (χ3v) is 8.01. The van der Waals surface area contributed by atoms with Crippen molar-refractivity contribution >= 4 is 62.2 Å². The second-order valence-corrected chi connectivity index (χ2v) is 10.3. The summed E-state index contributed by atoms with van der Waals surface area (Å²) in [6.45, 7) is 3.87. The van der Waals surface area contributed by atoms with Gasteiger partial charge in [0.05, 0.1) is 11.1 Å². The van der Waals surface area contributed by atoms with Crippen molar-refractivity contribution < 1.29 is 9.59 Å². The predicted octanol–water partition coefficient (Wildman–Crippen LogP) is 4.86. The summed E-state index contributed by atoms with van der Waals surface area (Å²) < 4.78 is 2.02. The van der Waals surface area contributed by atoms with Gasteiger partial charge < -0.3 is 10.6 Å². The summed E-state index contributed by atoms with van der Waals surface area (Å²) in [4.78, 5) is 31.7. The van der Waals surface area contributed by atoms with Crippen molar-refractivity contribution in [2.75, 3.05) is 16.4 Å². The molecule has 34 heavy (non-hydrogen) atoms. The molecule has 0 saturated carbocycles. The SMILES string of the molecule is CCC(=O)Nc1cccc(NC(=O)CSc2nnc3c4c5c(sc4nc(CC)n23)CCCC5)c1. The summed E-state index contributed by atoms with van der Waals surface area (Å²) >= 11 is 3.14.